The summed E-state index contributed by atoms with van der Waals surface area (Å²) in [6.07, 6.45) is 2.99. The minimum Gasteiger partial charge on any atom is -0.483 e. The number of hydrogen-bond donors (Lipinski definition) is 2. The molecule has 0 fully saturated rings. The number of nitrogens with zero attached hydrogens (tertiary/aromatic N) is 2. The van der Waals surface area contributed by atoms with Crippen molar-refractivity contribution in [2.75, 3.05) is 13.2 Å². The molecule has 6 nitrogen and oxygen atoms in total. The second-order valence-corrected chi connectivity index (χ2v) is 5.54. The standard InChI is InChI=1S/C13H14BrClN4O2/c14-10-6-9(15)3-4-11(10)21-7-13(20)16-5-1-2-12-17-8-18-19-12/h3-4,6,8H,1-2,5,7H2,(H,16,20)(H,17,18,19). The molecule has 1 aromatic carbocycles. The quantitative estimate of drug-likeness (QED) is 0.730. The maximum absolute atomic E-state index is 11.6. The molecular weight excluding hydrogens is 360 g/mol. The van der Waals surface area contributed by atoms with Gasteiger partial charge >= 0.3 is 0 Å². The summed E-state index contributed by atoms with van der Waals surface area (Å²) in [5.74, 6) is 1.22. The van der Waals surface area contributed by atoms with Crippen LogP contribution in [0.3, 0.4) is 0 Å². The summed E-state index contributed by atoms with van der Waals surface area (Å²) in [6, 6.07) is 5.13. The van der Waals surface area contributed by atoms with Crippen molar-refractivity contribution in [3.8, 4) is 5.75 Å². The van der Waals surface area contributed by atoms with Crippen LogP contribution in [0.2, 0.25) is 5.02 Å². The van der Waals surface area contributed by atoms with Crippen molar-refractivity contribution in [3.63, 3.8) is 0 Å². The Hall–Kier alpha value is -1.60. The van der Waals surface area contributed by atoms with Gasteiger partial charge in [0.2, 0.25) is 0 Å². The van der Waals surface area contributed by atoms with E-state index in [1.165, 1.54) is 6.33 Å². The van der Waals surface area contributed by atoms with E-state index >= 15 is 0 Å². The van der Waals surface area contributed by atoms with Crippen LogP contribution in [0.4, 0.5) is 0 Å². The molecule has 0 spiro atoms. The van der Waals surface area contributed by atoms with E-state index in [0.29, 0.717) is 21.8 Å². The molecule has 112 valence electrons. The van der Waals surface area contributed by atoms with Gasteiger partial charge in [-0.1, -0.05) is 11.6 Å². The summed E-state index contributed by atoms with van der Waals surface area (Å²) in [5, 5.41) is 9.91. The number of amides is 1. The molecule has 8 heteroatoms. The van der Waals surface area contributed by atoms with Crippen LogP contribution in [-0.2, 0) is 11.2 Å². The summed E-state index contributed by atoms with van der Waals surface area (Å²) in [7, 11) is 0. The minimum atomic E-state index is -0.172. The van der Waals surface area contributed by atoms with Gasteiger partial charge in [-0.25, -0.2) is 4.98 Å². The Labute approximate surface area is 135 Å². The van der Waals surface area contributed by atoms with Crippen molar-refractivity contribution in [1.82, 2.24) is 20.5 Å². The van der Waals surface area contributed by atoms with Crippen LogP contribution in [0.1, 0.15) is 12.2 Å². The predicted molar refractivity (Wildman–Crippen MR) is 82.4 cm³/mol. The lowest BCUT2D eigenvalue weighted by Gasteiger charge is -2.08. The van der Waals surface area contributed by atoms with Crippen LogP contribution < -0.4 is 10.1 Å². The molecule has 0 saturated carbocycles. The topological polar surface area (TPSA) is 79.9 Å². The van der Waals surface area contributed by atoms with Crippen molar-refractivity contribution < 1.29 is 9.53 Å². The molecule has 21 heavy (non-hydrogen) atoms. The largest absolute Gasteiger partial charge is 0.483 e. The lowest BCUT2D eigenvalue weighted by Crippen LogP contribution is -2.30. The smallest absolute Gasteiger partial charge is 0.257 e. The van der Waals surface area contributed by atoms with Gasteiger partial charge in [0.1, 0.15) is 17.9 Å². The van der Waals surface area contributed by atoms with E-state index in [2.05, 4.69) is 36.4 Å². The first-order valence-corrected chi connectivity index (χ1v) is 7.51. The van der Waals surface area contributed by atoms with Gasteiger partial charge < -0.3 is 10.1 Å². The van der Waals surface area contributed by atoms with Crippen LogP contribution in [0, 0.1) is 0 Å². The molecule has 1 heterocycles. The Morgan fingerprint density at radius 1 is 1.48 bits per heavy atom. The molecule has 2 N–H and O–H groups in total. The van der Waals surface area contributed by atoms with E-state index in [1.54, 1.807) is 18.2 Å². The van der Waals surface area contributed by atoms with Crippen LogP contribution in [0.5, 0.6) is 5.75 Å². The number of benzene rings is 1. The van der Waals surface area contributed by atoms with Crippen molar-refractivity contribution in [1.29, 1.82) is 0 Å². The van der Waals surface area contributed by atoms with Gasteiger partial charge in [0.25, 0.3) is 5.91 Å². The zero-order chi connectivity index (χ0) is 15.1. The van der Waals surface area contributed by atoms with Gasteiger partial charge in [0.15, 0.2) is 6.61 Å². The third kappa shape index (κ3) is 5.35. The molecule has 0 saturated heterocycles. The molecule has 2 aromatic rings. The number of aromatic amines is 1. The fraction of sp³-hybridized carbons (Fsp3) is 0.308. The SMILES string of the molecule is O=C(COc1ccc(Cl)cc1Br)NCCCc1ncn[nH]1. The number of carbonyl (C=O) groups excluding carboxylic acids is 1. The van der Waals surface area contributed by atoms with Gasteiger partial charge in [0.05, 0.1) is 4.47 Å². The lowest BCUT2D eigenvalue weighted by atomic mass is 10.3. The highest BCUT2D eigenvalue weighted by Crippen LogP contribution is 2.27. The molecule has 2 rings (SSSR count). The number of nitrogens with one attached hydrogen (secondary N) is 2. The fourth-order valence-electron chi connectivity index (χ4n) is 1.62. The summed E-state index contributed by atoms with van der Waals surface area (Å²) in [4.78, 5) is 15.6. The Balaban J connectivity index is 1.65. The van der Waals surface area contributed by atoms with E-state index in [9.17, 15) is 4.79 Å². The number of halogens is 2. The summed E-state index contributed by atoms with van der Waals surface area (Å²) >= 11 is 9.16. The first-order chi connectivity index (χ1) is 10.1. The normalized spacial score (nSPS) is 10.4. The van der Waals surface area contributed by atoms with Crippen LogP contribution in [-0.4, -0.2) is 34.2 Å². The molecule has 0 aliphatic carbocycles. The average Bonchev–Trinajstić information content (AvgIpc) is 2.96. The first-order valence-electron chi connectivity index (χ1n) is 6.34. The molecular formula is C13H14BrClN4O2. The second kappa shape index (κ2) is 7.99. The Kier molecular flexibility index (Phi) is 6.01. The van der Waals surface area contributed by atoms with E-state index in [1.807, 2.05) is 0 Å². The summed E-state index contributed by atoms with van der Waals surface area (Å²) in [6.45, 7) is 0.521. The zero-order valence-electron chi connectivity index (χ0n) is 11.1. The molecule has 0 aliphatic heterocycles. The van der Waals surface area contributed by atoms with Gasteiger partial charge in [-0.15, -0.1) is 0 Å². The van der Waals surface area contributed by atoms with E-state index in [0.717, 1.165) is 18.7 Å². The number of H-pyrrole nitrogens is 1. The number of rotatable bonds is 7. The van der Waals surface area contributed by atoms with Crippen molar-refractivity contribution in [3.05, 3.63) is 39.8 Å². The molecule has 1 amide bonds. The fourth-order valence-corrected chi connectivity index (χ4v) is 2.42. The number of carbonyl (C=O) groups is 1. The third-order valence-electron chi connectivity index (χ3n) is 2.63. The highest BCUT2D eigenvalue weighted by molar-refractivity contribution is 9.10. The average molecular weight is 374 g/mol. The second-order valence-electron chi connectivity index (χ2n) is 4.25. The summed E-state index contributed by atoms with van der Waals surface area (Å²) in [5.41, 5.74) is 0. The zero-order valence-corrected chi connectivity index (χ0v) is 13.4. The maximum atomic E-state index is 11.6. The van der Waals surface area contributed by atoms with Crippen LogP contribution in [0.25, 0.3) is 0 Å². The van der Waals surface area contributed by atoms with Gasteiger partial charge in [-0.2, -0.15) is 5.10 Å². The van der Waals surface area contributed by atoms with Gasteiger partial charge in [-0.05, 0) is 40.5 Å². The number of hydrogen-bond acceptors (Lipinski definition) is 4. The van der Waals surface area contributed by atoms with E-state index in [4.69, 9.17) is 16.3 Å². The number of aryl methyl sites for hydroxylation is 1. The molecule has 0 aliphatic rings. The number of ether oxygens (including phenoxy) is 1. The molecule has 0 atom stereocenters. The molecule has 0 bridgehead atoms. The van der Waals surface area contributed by atoms with E-state index < -0.39 is 0 Å². The van der Waals surface area contributed by atoms with Crippen LogP contribution >= 0.6 is 27.5 Å². The Morgan fingerprint density at radius 3 is 3.05 bits per heavy atom. The highest BCUT2D eigenvalue weighted by Gasteiger charge is 2.06. The lowest BCUT2D eigenvalue weighted by molar-refractivity contribution is -0.123. The molecule has 0 unspecified atom stereocenters. The minimum absolute atomic E-state index is 0.0391. The highest BCUT2D eigenvalue weighted by atomic mass is 79.9. The predicted octanol–water partition coefficient (Wildman–Crippen LogP) is 2.35. The van der Waals surface area contributed by atoms with Crippen molar-refractivity contribution >= 4 is 33.4 Å². The van der Waals surface area contributed by atoms with Gasteiger partial charge in [0, 0.05) is 18.0 Å². The first kappa shape index (κ1) is 15.8. The monoisotopic (exact) mass is 372 g/mol. The Bertz CT molecular complexity index is 592. The van der Waals surface area contributed by atoms with Crippen molar-refractivity contribution in [2.24, 2.45) is 0 Å². The van der Waals surface area contributed by atoms with Crippen LogP contribution in [0.15, 0.2) is 29.0 Å². The van der Waals surface area contributed by atoms with Crippen molar-refractivity contribution in [2.45, 2.75) is 12.8 Å². The third-order valence-corrected chi connectivity index (χ3v) is 3.48. The molecule has 1 aromatic heterocycles. The Morgan fingerprint density at radius 2 is 2.33 bits per heavy atom. The van der Waals surface area contributed by atoms with E-state index in [-0.39, 0.29) is 12.5 Å². The molecule has 0 radical (unpaired) electrons. The number of aromatic nitrogens is 3. The summed E-state index contributed by atoms with van der Waals surface area (Å²) < 4.78 is 6.13. The van der Waals surface area contributed by atoms with Gasteiger partial charge in [-0.3, -0.25) is 9.89 Å². The maximum Gasteiger partial charge on any atom is 0.257 e.